The molecule has 1 aliphatic carbocycles. The first-order chi connectivity index (χ1) is 15.6. The van der Waals surface area contributed by atoms with Gasteiger partial charge in [0.05, 0.1) is 22.7 Å². The molecule has 0 saturated heterocycles. The fourth-order valence-corrected chi connectivity index (χ4v) is 5.45. The van der Waals surface area contributed by atoms with E-state index in [1.54, 1.807) is 12.5 Å². The molecular weight excluding hydrogens is 540 g/mol. The van der Waals surface area contributed by atoms with Gasteiger partial charge in [-0.2, -0.15) is 5.10 Å². The normalized spacial score (nSPS) is 21.5. The highest BCUT2D eigenvalue weighted by atomic mass is 79.9. The molecule has 5 rings (SSSR count). The van der Waals surface area contributed by atoms with Gasteiger partial charge in [0.1, 0.15) is 23.3 Å². The van der Waals surface area contributed by atoms with Crippen LogP contribution in [-0.4, -0.2) is 23.2 Å². The van der Waals surface area contributed by atoms with Crippen LogP contribution in [0.5, 0.6) is 5.75 Å². The van der Waals surface area contributed by atoms with Gasteiger partial charge in [0, 0.05) is 10.4 Å². The number of fused-ring (bicyclic) bond motifs is 1. The van der Waals surface area contributed by atoms with E-state index in [1.807, 2.05) is 48.5 Å². The minimum Gasteiger partial charge on any atom is -0.483 e. The molecule has 164 valence electrons. The molecular formula is C24H20Br2N2O4. The average molecular weight is 560 g/mol. The molecule has 3 aromatic rings. The zero-order chi connectivity index (χ0) is 22.1. The molecule has 0 bridgehead atoms. The van der Waals surface area contributed by atoms with Crippen molar-refractivity contribution in [3.05, 3.63) is 81.0 Å². The molecule has 1 aromatic carbocycles. The van der Waals surface area contributed by atoms with Crippen LogP contribution in [0.3, 0.4) is 0 Å². The van der Waals surface area contributed by atoms with E-state index >= 15 is 0 Å². The van der Waals surface area contributed by atoms with E-state index in [-0.39, 0.29) is 24.5 Å². The van der Waals surface area contributed by atoms with Gasteiger partial charge < -0.3 is 13.6 Å². The number of hydrogen-bond acceptors (Lipinski definition) is 5. The summed E-state index contributed by atoms with van der Waals surface area (Å²) >= 11 is 6.89. The molecule has 0 radical (unpaired) electrons. The first-order valence-electron chi connectivity index (χ1n) is 10.4. The monoisotopic (exact) mass is 558 g/mol. The number of halogens is 2. The van der Waals surface area contributed by atoms with E-state index in [0.29, 0.717) is 5.75 Å². The van der Waals surface area contributed by atoms with E-state index in [9.17, 15) is 4.79 Å². The Kier molecular flexibility index (Phi) is 6.06. The lowest BCUT2D eigenvalue weighted by Gasteiger charge is -2.27. The van der Waals surface area contributed by atoms with Crippen LogP contribution in [0.1, 0.15) is 36.8 Å². The maximum absolute atomic E-state index is 13.3. The average Bonchev–Trinajstić information content (AvgIpc) is 3.53. The second-order valence-corrected chi connectivity index (χ2v) is 9.50. The molecule has 0 spiro atoms. The van der Waals surface area contributed by atoms with Crippen molar-refractivity contribution in [1.82, 2.24) is 5.01 Å². The van der Waals surface area contributed by atoms with Crippen LogP contribution in [0.2, 0.25) is 0 Å². The number of ether oxygens (including phenoxy) is 1. The van der Waals surface area contributed by atoms with Gasteiger partial charge in [-0.3, -0.25) is 4.79 Å². The zero-order valence-electron chi connectivity index (χ0n) is 17.0. The Balaban J connectivity index is 1.43. The maximum Gasteiger partial charge on any atom is 0.281 e. The number of furan rings is 2. The van der Waals surface area contributed by atoms with Crippen LogP contribution >= 0.6 is 31.9 Å². The summed E-state index contributed by atoms with van der Waals surface area (Å²) in [6.07, 6.45) is 8.15. The van der Waals surface area contributed by atoms with Gasteiger partial charge in [-0.25, -0.2) is 5.01 Å². The predicted molar refractivity (Wildman–Crippen MR) is 127 cm³/mol. The van der Waals surface area contributed by atoms with E-state index in [4.69, 9.17) is 18.7 Å². The molecule has 2 aliphatic rings. The van der Waals surface area contributed by atoms with Crippen molar-refractivity contribution in [1.29, 1.82) is 0 Å². The van der Waals surface area contributed by atoms with Gasteiger partial charge in [-0.15, -0.1) is 0 Å². The molecule has 0 N–H and O–H groups in total. The predicted octanol–water partition coefficient (Wildman–Crippen LogP) is 6.60. The molecule has 1 fully saturated rings. The highest BCUT2D eigenvalue weighted by molar-refractivity contribution is 9.11. The van der Waals surface area contributed by atoms with Crippen LogP contribution in [-0.2, 0) is 4.79 Å². The number of allylic oxidation sites excluding steroid dienone is 1. The molecule has 1 aliphatic heterocycles. The zero-order valence-corrected chi connectivity index (χ0v) is 20.2. The second kappa shape index (κ2) is 9.11. The maximum atomic E-state index is 13.3. The summed E-state index contributed by atoms with van der Waals surface area (Å²) in [7, 11) is 0. The summed E-state index contributed by atoms with van der Waals surface area (Å²) in [6, 6.07) is 12.8. The van der Waals surface area contributed by atoms with Gasteiger partial charge in [-0.1, -0.05) is 15.9 Å². The van der Waals surface area contributed by atoms with Crippen LogP contribution in [0.25, 0.3) is 6.08 Å². The molecule has 6 nitrogen and oxygen atoms in total. The Labute approximate surface area is 202 Å². The lowest BCUT2D eigenvalue weighted by Crippen LogP contribution is -2.34. The Morgan fingerprint density at radius 2 is 2.03 bits per heavy atom. The lowest BCUT2D eigenvalue weighted by molar-refractivity contribution is -0.136. The van der Waals surface area contributed by atoms with E-state index in [0.717, 1.165) is 51.0 Å². The Bertz CT molecular complexity index is 1170. The SMILES string of the molecule is O=C(COc1ccc(Br)cc1Br)N1N=C2/C(=C\c3ccco3)CCC[C@@H]2[C@H]1c1ccco1. The molecule has 8 heteroatoms. The molecule has 1 amide bonds. The van der Waals surface area contributed by atoms with Crippen molar-refractivity contribution in [2.75, 3.05) is 6.61 Å². The van der Waals surface area contributed by atoms with Crippen LogP contribution in [0.15, 0.2) is 83.4 Å². The van der Waals surface area contributed by atoms with Gasteiger partial charge in [0.2, 0.25) is 0 Å². The van der Waals surface area contributed by atoms with Crippen LogP contribution < -0.4 is 4.74 Å². The van der Waals surface area contributed by atoms with Crippen LogP contribution in [0, 0.1) is 5.92 Å². The second-order valence-electron chi connectivity index (χ2n) is 7.73. The van der Waals surface area contributed by atoms with Crippen molar-refractivity contribution < 1.29 is 18.4 Å². The van der Waals surface area contributed by atoms with Gasteiger partial charge >= 0.3 is 0 Å². The number of amides is 1. The topological polar surface area (TPSA) is 68.2 Å². The molecule has 32 heavy (non-hydrogen) atoms. The number of rotatable bonds is 5. The van der Waals surface area contributed by atoms with Gasteiger partial charge in [-0.05, 0) is 89.3 Å². The number of hydrogen-bond donors (Lipinski definition) is 0. The Hall–Kier alpha value is -2.58. The highest BCUT2D eigenvalue weighted by Crippen LogP contribution is 2.44. The van der Waals surface area contributed by atoms with E-state index in [1.165, 1.54) is 5.01 Å². The summed E-state index contributed by atoms with van der Waals surface area (Å²) in [6.45, 7) is -0.127. The summed E-state index contributed by atoms with van der Waals surface area (Å²) in [5.74, 6) is 1.95. The fourth-order valence-electron chi connectivity index (χ4n) is 4.29. The van der Waals surface area contributed by atoms with Gasteiger partial charge in [0.15, 0.2) is 6.61 Å². The third-order valence-electron chi connectivity index (χ3n) is 5.70. The molecule has 3 heterocycles. The number of nitrogens with zero attached hydrogens (tertiary/aromatic N) is 2. The minimum atomic E-state index is -0.287. The Morgan fingerprint density at radius 1 is 1.19 bits per heavy atom. The largest absolute Gasteiger partial charge is 0.483 e. The smallest absolute Gasteiger partial charge is 0.281 e. The van der Waals surface area contributed by atoms with Crippen molar-refractivity contribution >= 4 is 49.6 Å². The summed E-state index contributed by atoms with van der Waals surface area (Å²) in [4.78, 5) is 13.3. The molecule has 2 atom stereocenters. The molecule has 2 aromatic heterocycles. The fraction of sp³-hybridized carbons (Fsp3) is 0.250. The number of carbonyl (C=O) groups is 1. The number of benzene rings is 1. The van der Waals surface area contributed by atoms with Crippen molar-refractivity contribution in [3.63, 3.8) is 0 Å². The van der Waals surface area contributed by atoms with Crippen molar-refractivity contribution in [2.45, 2.75) is 25.3 Å². The third-order valence-corrected chi connectivity index (χ3v) is 6.81. The molecule has 1 saturated carbocycles. The van der Waals surface area contributed by atoms with Crippen LogP contribution in [0.4, 0.5) is 0 Å². The standard InChI is InChI=1S/C24H20Br2N2O4/c25-16-8-9-20(19(26)13-16)32-14-22(29)28-24(21-7-3-11-31-21)18-6-1-4-15(23(18)27-28)12-17-5-2-10-30-17/h2-3,5,7-13,18,24H,1,4,6,14H2/b15-12-/t18-,24-/m0/s1. The van der Waals surface area contributed by atoms with E-state index < -0.39 is 0 Å². The van der Waals surface area contributed by atoms with Crippen molar-refractivity contribution in [3.8, 4) is 5.75 Å². The summed E-state index contributed by atoms with van der Waals surface area (Å²) < 4.78 is 18.7. The summed E-state index contributed by atoms with van der Waals surface area (Å²) in [5.41, 5.74) is 2.02. The summed E-state index contributed by atoms with van der Waals surface area (Å²) in [5, 5.41) is 6.32. The van der Waals surface area contributed by atoms with Gasteiger partial charge in [0.25, 0.3) is 5.91 Å². The van der Waals surface area contributed by atoms with E-state index in [2.05, 4.69) is 31.9 Å². The first-order valence-corrected chi connectivity index (χ1v) is 11.9. The third kappa shape index (κ3) is 4.21. The lowest BCUT2D eigenvalue weighted by atomic mass is 9.79. The number of hydrazone groups is 1. The first kappa shape index (κ1) is 21.3. The molecule has 0 unspecified atom stereocenters. The highest BCUT2D eigenvalue weighted by Gasteiger charge is 2.45. The quantitative estimate of drug-likeness (QED) is 0.353. The minimum absolute atomic E-state index is 0.0690. The Morgan fingerprint density at radius 3 is 2.78 bits per heavy atom. The number of carbonyl (C=O) groups excluding carboxylic acids is 1. The van der Waals surface area contributed by atoms with Crippen molar-refractivity contribution in [2.24, 2.45) is 11.0 Å².